The van der Waals surface area contributed by atoms with Crippen LogP contribution >= 0.6 is 0 Å². The quantitative estimate of drug-likeness (QED) is 0.823. The number of hydrogen-bond donors (Lipinski definition) is 1. The van der Waals surface area contributed by atoms with Crippen LogP contribution in [0.3, 0.4) is 0 Å². The summed E-state index contributed by atoms with van der Waals surface area (Å²) in [6.07, 6.45) is 3.01. The Balaban J connectivity index is 1.95. The number of ether oxygens (including phenoxy) is 1. The van der Waals surface area contributed by atoms with Gasteiger partial charge in [0.2, 0.25) is 0 Å². The number of pyridine rings is 1. The lowest BCUT2D eigenvalue weighted by atomic mass is 10.0. The topological polar surface area (TPSA) is 34.1 Å². The zero-order chi connectivity index (χ0) is 10.7. The summed E-state index contributed by atoms with van der Waals surface area (Å²) in [5.41, 5.74) is 2.21. The molecule has 2 heterocycles. The Kier molecular flexibility index (Phi) is 3.21. The maximum Gasteiger partial charge on any atom is 0.0514 e. The normalized spacial score (nSPS) is 22.7. The van der Waals surface area contributed by atoms with Crippen molar-refractivity contribution in [2.24, 2.45) is 5.92 Å². The molecule has 1 aliphatic rings. The Labute approximate surface area is 90.9 Å². The molecule has 0 aliphatic carbocycles. The summed E-state index contributed by atoms with van der Waals surface area (Å²) >= 11 is 0. The van der Waals surface area contributed by atoms with Crippen molar-refractivity contribution in [3.8, 4) is 0 Å². The van der Waals surface area contributed by atoms with Gasteiger partial charge in [-0.25, -0.2) is 0 Å². The van der Waals surface area contributed by atoms with Gasteiger partial charge in [-0.3, -0.25) is 4.98 Å². The van der Waals surface area contributed by atoms with E-state index in [1.165, 1.54) is 0 Å². The first-order chi connectivity index (χ1) is 7.25. The first kappa shape index (κ1) is 10.4. The molecule has 2 atom stereocenters. The molecule has 82 valence electrons. The Bertz CT molecular complexity index is 321. The highest BCUT2D eigenvalue weighted by Crippen LogP contribution is 2.20. The molecule has 0 amide bonds. The zero-order valence-electron chi connectivity index (χ0n) is 9.36. The Hall–Kier alpha value is -1.09. The smallest absolute Gasteiger partial charge is 0.0514 e. The molecule has 1 saturated heterocycles. The Morgan fingerprint density at radius 3 is 3.13 bits per heavy atom. The van der Waals surface area contributed by atoms with E-state index < -0.39 is 0 Å². The Morgan fingerprint density at radius 2 is 2.47 bits per heavy atom. The van der Waals surface area contributed by atoms with Gasteiger partial charge in [-0.2, -0.15) is 0 Å². The fourth-order valence-electron chi connectivity index (χ4n) is 1.96. The minimum absolute atomic E-state index is 0.467. The van der Waals surface area contributed by atoms with Crippen LogP contribution in [0.2, 0.25) is 0 Å². The fraction of sp³-hybridized carbons (Fsp3) is 0.583. The lowest BCUT2D eigenvalue weighted by molar-refractivity contribution is 0.183. The molecular formula is C12H18N2O. The number of anilines is 1. The second kappa shape index (κ2) is 4.62. The second-order valence-corrected chi connectivity index (χ2v) is 4.24. The van der Waals surface area contributed by atoms with Crippen LogP contribution < -0.4 is 5.32 Å². The number of aryl methyl sites for hydroxylation is 1. The fourth-order valence-corrected chi connectivity index (χ4v) is 1.96. The maximum atomic E-state index is 5.39. The van der Waals surface area contributed by atoms with Crippen molar-refractivity contribution in [1.29, 1.82) is 0 Å². The lowest BCUT2D eigenvalue weighted by Crippen LogP contribution is -2.26. The number of rotatable bonds is 3. The van der Waals surface area contributed by atoms with Crippen LogP contribution in [-0.4, -0.2) is 24.2 Å². The van der Waals surface area contributed by atoms with Crippen molar-refractivity contribution in [2.45, 2.75) is 26.3 Å². The first-order valence-corrected chi connectivity index (χ1v) is 5.52. The number of hydrogen-bond acceptors (Lipinski definition) is 3. The molecule has 15 heavy (non-hydrogen) atoms. The third-order valence-corrected chi connectivity index (χ3v) is 2.96. The average Bonchev–Trinajstić information content (AvgIpc) is 2.70. The average molecular weight is 206 g/mol. The van der Waals surface area contributed by atoms with E-state index in [4.69, 9.17) is 4.74 Å². The van der Waals surface area contributed by atoms with E-state index in [1.807, 2.05) is 19.2 Å². The van der Waals surface area contributed by atoms with E-state index in [9.17, 15) is 0 Å². The molecule has 1 N–H and O–H groups in total. The van der Waals surface area contributed by atoms with Gasteiger partial charge in [0.05, 0.1) is 6.61 Å². The van der Waals surface area contributed by atoms with Gasteiger partial charge in [-0.15, -0.1) is 0 Å². The van der Waals surface area contributed by atoms with Crippen LogP contribution in [-0.2, 0) is 4.74 Å². The molecule has 1 aromatic rings. The summed E-state index contributed by atoms with van der Waals surface area (Å²) < 4.78 is 5.39. The van der Waals surface area contributed by atoms with Crippen molar-refractivity contribution in [3.05, 3.63) is 24.0 Å². The van der Waals surface area contributed by atoms with Gasteiger partial charge in [-0.05, 0) is 32.4 Å². The molecule has 2 unspecified atom stereocenters. The van der Waals surface area contributed by atoms with Crippen molar-refractivity contribution in [1.82, 2.24) is 4.98 Å². The van der Waals surface area contributed by atoms with E-state index >= 15 is 0 Å². The van der Waals surface area contributed by atoms with Crippen molar-refractivity contribution in [2.75, 3.05) is 18.5 Å². The van der Waals surface area contributed by atoms with Gasteiger partial charge in [0.15, 0.2) is 0 Å². The summed E-state index contributed by atoms with van der Waals surface area (Å²) in [5.74, 6) is 0.637. The largest absolute Gasteiger partial charge is 0.382 e. The molecule has 0 spiro atoms. The predicted molar refractivity (Wildman–Crippen MR) is 61.0 cm³/mol. The summed E-state index contributed by atoms with van der Waals surface area (Å²) in [6, 6.07) is 4.56. The predicted octanol–water partition coefficient (Wildman–Crippen LogP) is 2.23. The number of aromatic nitrogens is 1. The minimum Gasteiger partial charge on any atom is -0.382 e. The molecule has 0 aromatic carbocycles. The van der Waals surface area contributed by atoms with Crippen LogP contribution in [0.15, 0.2) is 18.3 Å². The summed E-state index contributed by atoms with van der Waals surface area (Å²) in [5, 5.41) is 3.50. The van der Waals surface area contributed by atoms with Crippen LogP contribution in [0.1, 0.15) is 19.0 Å². The zero-order valence-corrected chi connectivity index (χ0v) is 9.36. The van der Waals surface area contributed by atoms with Gasteiger partial charge in [0, 0.05) is 36.1 Å². The third-order valence-electron chi connectivity index (χ3n) is 2.96. The van der Waals surface area contributed by atoms with Gasteiger partial charge in [0.1, 0.15) is 0 Å². The SMILES string of the molecule is Cc1cc(NC(C)C2CCOC2)ccn1. The van der Waals surface area contributed by atoms with Crippen LogP contribution in [0, 0.1) is 12.8 Å². The molecule has 0 radical (unpaired) electrons. The number of nitrogens with one attached hydrogen (secondary N) is 1. The van der Waals surface area contributed by atoms with E-state index in [-0.39, 0.29) is 0 Å². The van der Waals surface area contributed by atoms with E-state index in [2.05, 4.69) is 23.3 Å². The molecule has 0 saturated carbocycles. The van der Waals surface area contributed by atoms with Crippen LogP contribution in [0.25, 0.3) is 0 Å². The summed E-state index contributed by atoms with van der Waals surface area (Å²) in [4.78, 5) is 4.18. The van der Waals surface area contributed by atoms with Crippen molar-refractivity contribution >= 4 is 5.69 Å². The molecule has 1 fully saturated rings. The van der Waals surface area contributed by atoms with Crippen LogP contribution in [0.5, 0.6) is 0 Å². The summed E-state index contributed by atoms with van der Waals surface area (Å²) in [7, 11) is 0. The summed E-state index contributed by atoms with van der Waals surface area (Å²) in [6.45, 7) is 6.02. The maximum absolute atomic E-state index is 5.39. The molecule has 0 bridgehead atoms. The third kappa shape index (κ3) is 2.69. The molecular weight excluding hydrogens is 188 g/mol. The molecule has 1 aromatic heterocycles. The molecule has 3 heteroatoms. The second-order valence-electron chi connectivity index (χ2n) is 4.24. The van der Waals surface area contributed by atoms with Gasteiger partial charge in [-0.1, -0.05) is 0 Å². The van der Waals surface area contributed by atoms with Gasteiger partial charge < -0.3 is 10.1 Å². The Morgan fingerprint density at radius 1 is 1.60 bits per heavy atom. The highest BCUT2D eigenvalue weighted by molar-refractivity contribution is 5.43. The van der Waals surface area contributed by atoms with Gasteiger partial charge >= 0.3 is 0 Å². The van der Waals surface area contributed by atoms with Gasteiger partial charge in [0.25, 0.3) is 0 Å². The van der Waals surface area contributed by atoms with Crippen molar-refractivity contribution in [3.63, 3.8) is 0 Å². The van der Waals surface area contributed by atoms with Crippen molar-refractivity contribution < 1.29 is 4.74 Å². The molecule has 1 aliphatic heterocycles. The van der Waals surface area contributed by atoms with E-state index in [1.54, 1.807) is 0 Å². The van der Waals surface area contributed by atoms with E-state index in [0.29, 0.717) is 12.0 Å². The standard InChI is InChI=1S/C12H18N2O/c1-9-7-12(3-5-13-9)14-10(2)11-4-6-15-8-11/h3,5,7,10-11H,4,6,8H2,1-2H3,(H,13,14). The monoisotopic (exact) mass is 206 g/mol. The highest BCUT2D eigenvalue weighted by atomic mass is 16.5. The molecule has 2 rings (SSSR count). The minimum atomic E-state index is 0.467. The molecule has 3 nitrogen and oxygen atoms in total. The highest BCUT2D eigenvalue weighted by Gasteiger charge is 2.21. The lowest BCUT2D eigenvalue weighted by Gasteiger charge is -2.20. The van der Waals surface area contributed by atoms with E-state index in [0.717, 1.165) is 31.0 Å². The first-order valence-electron chi connectivity index (χ1n) is 5.52. The van der Waals surface area contributed by atoms with Crippen LogP contribution in [0.4, 0.5) is 5.69 Å². The number of nitrogens with zero attached hydrogens (tertiary/aromatic N) is 1.